The lowest BCUT2D eigenvalue weighted by atomic mass is 9.86. The number of benzene rings is 2. The van der Waals surface area contributed by atoms with Crippen molar-refractivity contribution in [1.29, 1.82) is 0 Å². The minimum Gasteiger partial charge on any atom is -0.463 e. The molecular formula is C39H47NO6. The van der Waals surface area contributed by atoms with Crippen LogP contribution in [0.25, 0.3) is 11.1 Å². The maximum atomic E-state index is 13.4. The van der Waals surface area contributed by atoms with Crippen molar-refractivity contribution in [1.82, 2.24) is 4.98 Å². The normalized spacial score (nSPS) is 23.5. The summed E-state index contributed by atoms with van der Waals surface area (Å²) in [5, 5.41) is 10.8. The number of fused-ring (bicyclic) bond motifs is 1. The molecule has 6 atom stereocenters. The molecule has 0 spiro atoms. The van der Waals surface area contributed by atoms with E-state index in [-0.39, 0.29) is 42.1 Å². The summed E-state index contributed by atoms with van der Waals surface area (Å²) in [5.41, 5.74) is 3.74. The molecule has 0 radical (unpaired) electrons. The number of nitrogens with zero attached hydrogens (tertiary/aromatic N) is 1. The number of aromatic nitrogens is 1. The van der Waals surface area contributed by atoms with E-state index in [1.807, 2.05) is 92.9 Å². The number of carbonyl (C=O) groups is 2. The first-order chi connectivity index (χ1) is 22.4. The van der Waals surface area contributed by atoms with Gasteiger partial charge in [-0.3, -0.25) is 9.78 Å². The van der Waals surface area contributed by atoms with Crippen LogP contribution in [0.1, 0.15) is 74.7 Å². The van der Waals surface area contributed by atoms with Crippen molar-refractivity contribution in [3.8, 4) is 11.1 Å². The summed E-state index contributed by atoms with van der Waals surface area (Å²) in [4.78, 5) is 29.5. The number of hydrogen-bond donors (Lipinski definition) is 1. The van der Waals surface area contributed by atoms with E-state index in [1.165, 1.54) is 0 Å². The zero-order chi connectivity index (χ0) is 32.3. The topological polar surface area (TPSA) is 95.0 Å². The van der Waals surface area contributed by atoms with Gasteiger partial charge in [-0.15, -0.1) is 0 Å². The summed E-state index contributed by atoms with van der Waals surface area (Å²) in [7, 11) is 0. The van der Waals surface area contributed by atoms with Gasteiger partial charge in [-0.05, 0) is 99.1 Å². The molecule has 1 aliphatic carbocycles. The SMILES string of the molecule is CC(C)OC(=O)CCCC1CCC2C(C=CC(O)CCc3cccnc3)C(OC(=O)c3ccc(-c4ccccc4)cc3)C[C@@H]2OC1. The molecule has 1 aromatic heterocycles. The predicted octanol–water partition coefficient (Wildman–Crippen LogP) is 7.38. The van der Waals surface area contributed by atoms with Gasteiger partial charge >= 0.3 is 11.9 Å². The Bertz CT molecular complexity index is 1410. The van der Waals surface area contributed by atoms with E-state index < -0.39 is 6.10 Å². The lowest BCUT2D eigenvalue weighted by Crippen LogP contribution is -2.25. The number of carbonyl (C=O) groups excluding carboxylic acids is 2. The molecule has 1 saturated carbocycles. The van der Waals surface area contributed by atoms with Crippen molar-refractivity contribution in [3.05, 3.63) is 102 Å². The molecule has 2 aliphatic rings. The van der Waals surface area contributed by atoms with E-state index in [4.69, 9.17) is 14.2 Å². The van der Waals surface area contributed by atoms with Crippen LogP contribution in [-0.4, -0.2) is 53.1 Å². The van der Waals surface area contributed by atoms with Crippen LogP contribution in [0.15, 0.2) is 91.3 Å². The Balaban J connectivity index is 1.23. The number of rotatable bonds is 13. The highest BCUT2D eigenvalue weighted by atomic mass is 16.6. The molecule has 2 aromatic carbocycles. The number of hydrogen-bond acceptors (Lipinski definition) is 7. The highest BCUT2D eigenvalue weighted by Crippen LogP contribution is 2.43. The summed E-state index contributed by atoms with van der Waals surface area (Å²) in [6.45, 7) is 4.37. The van der Waals surface area contributed by atoms with E-state index >= 15 is 0 Å². The number of aryl methyl sites for hydroxylation is 1. The van der Waals surface area contributed by atoms with Crippen LogP contribution < -0.4 is 0 Å². The first kappa shape index (κ1) is 33.6. The molecule has 7 heteroatoms. The van der Waals surface area contributed by atoms with Crippen molar-refractivity contribution >= 4 is 11.9 Å². The predicted molar refractivity (Wildman–Crippen MR) is 178 cm³/mol. The minimum atomic E-state index is -0.619. The number of ether oxygens (including phenoxy) is 3. The third kappa shape index (κ3) is 9.60. The standard InChI is InChI=1S/C39H47NO6/c1-27(2)45-38(42)12-6-8-29-14-21-34-35(22-20-33(41)19-13-28-9-7-23-40-25-28)37(24-36(34)44-26-29)46-39(43)32-17-15-31(16-18-32)30-10-4-3-5-11-30/h3-5,7,9-11,15-18,20,22-23,25,27,29,33-37,41H,6,8,12-14,19,21,24,26H2,1-2H3/t29?,33?,34?,35?,36-,37?/m0/s1. The van der Waals surface area contributed by atoms with Crippen LogP contribution >= 0.6 is 0 Å². The maximum absolute atomic E-state index is 13.4. The van der Waals surface area contributed by atoms with Gasteiger partial charge in [0, 0.05) is 37.8 Å². The van der Waals surface area contributed by atoms with E-state index in [1.54, 1.807) is 6.20 Å². The lowest BCUT2D eigenvalue weighted by Gasteiger charge is -2.23. The van der Waals surface area contributed by atoms with Crippen molar-refractivity contribution in [3.63, 3.8) is 0 Å². The van der Waals surface area contributed by atoms with E-state index in [0.717, 1.165) is 48.8 Å². The summed E-state index contributed by atoms with van der Waals surface area (Å²) in [5.74, 6) is -0.00612. The van der Waals surface area contributed by atoms with Gasteiger partial charge in [0.05, 0.1) is 23.9 Å². The van der Waals surface area contributed by atoms with Crippen molar-refractivity contribution in [2.75, 3.05) is 6.61 Å². The Morgan fingerprint density at radius 3 is 2.54 bits per heavy atom. The summed E-state index contributed by atoms with van der Waals surface area (Å²) in [6.07, 6.45) is 12.4. The first-order valence-electron chi connectivity index (χ1n) is 16.8. The van der Waals surface area contributed by atoms with Gasteiger partial charge in [0.1, 0.15) is 6.10 Å². The lowest BCUT2D eigenvalue weighted by molar-refractivity contribution is -0.147. The molecule has 2 fully saturated rings. The van der Waals surface area contributed by atoms with Gasteiger partial charge in [-0.2, -0.15) is 0 Å². The molecule has 1 aliphatic heterocycles. The fraction of sp³-hybridized carbons (Fsp3) is 0.462. The average molecular weight is 626 g/mol. The molecule has 5 unspecified atom stereocenters. The van der Waals surface area contributed by atoms with Gasteiger partial charge in [0.2, 0.25) is 0 Å². The quantitative estimate of drug-likeness (QED) is 0.156. The zero-order valence-corrected chi connectivity index (χ0v) is 27.0. The van der Waals surface area contributed by atoms with Crippen LogP contribution in [0.2, 0.25) is 0 Å². The highest BCUT2D eigenvalue weighted by Gasteiger charge is 2.46. The Morgan fingerprint density at radius 2 is 1.80 bits per heavy atom. The second kappa shape index (κ2) is 16.7. The Labute approximate surface area is 273 Å². The molecule has 0 bridgehead atoms. The molecule has 1 saturated heterocycles. The van der Waals surface area contributed by atoms with E-state index in [0.29, 0.717) is 37.4 Å². The average Bonchev–Trinajstić information content (AvgIpc) is 3.26. The number of aliphatic hydroxyl groups is 1. The van der Waals surface area contributed by atoms with Gasteiger partial charge in [-0.1, -0.05) is 60.7 Å². The van der Waals surface area contributed by atoms with Crippen molar-refractivity contribution in [2.45, 2.75) is 89.6 Å². The van der Waals surface area contributed by atoms with Gasteiger partial charge in [0.15, 0.2) is 0 Å². The molecule has 46 heavy (non-hydrogen) atoms. The maximum Gasteiger partial charge on any atom is 0.338 e. The van der Waals surface area contributed by atoms with Crippen LogP contribution in [-0.2, 0) is 25.4 Å². The highest BCUT2D eigenvalue weighted by molar-refractivity contribution is 5.90. The van der Waals surface area contributed by atoms with Gasteiger partial charge in [-0.25, -0.2) is 4.79 Å². The Kier molecular flexibility index (Phi) is 12.2. The fourth-order valence-electron chi connectivity index (χ4n) is 6.75. The molecule has 0 amide bonds. The first-order valence-corrected chi connectivity index (χ1v) is 16.8. The van der Waals surface area contributed by atoms with Crippen LogP contribution in [0, 0.1) is 17.8 Å². The van der Waals surface area contributed by atoms with Crippen LogP contribution in [0.4, 0.5) is 0 Å². The smallest absolute Gasteiger partial charge is 0.338 e. The second-order valence-corrected chi connectivity index (χ2v) is 13.0. The molecule has 2 heterocycles. The van der Waals surface area contributed by atoms with E-state index in [9.17, 15) is 14.7 Å². The van der Waals surface area contributed by atoms with Crippen LogP contribution in [0.5, 0.6) is 0 Å². The number of esters is 2. The zero-order valence-electron chi connectivity index (χ0n) is 27.0. The van der Waals surface area contributed by atoms with E-state index in [2.05, 4.69) is 11.1 Å². The third-order valence-corrected chi connectivity index (χ3v) is 9.17. The number of aliphatic hydroxyl groups excluding tert-OH is 1. The monoisotopic (exact) mass is 625 g/mol. The van der Waals surface area contributed by atoms with Gasteiger partial charge in [0.25, 0.3) is 0 Å². The third-order valence-electron chi connectivity index (χ3n) is 9.17. The summed E-state index contributed by atoms with van der Waals surface area (Å²) >= 11 is 0. The molecule has 244 valence electrons. The number of pyridine rings is 1. The molecule has 1 N–H and O–H groups in total. The second-order valence-electron chi connectivity index (χ2n) is 13.0. The molecule has 3 aromatic rings. The Morgan fingerprint density at radius 1 is 1.02 bits per heavy atom. The minimum absolute atomic E-state index is 0.0312. The van der Waals surface area contributed by atoms with Crippen molar-refractivity contribution in [2.24, 2.45) is 17.8 Å². The summed E-state index contributed by atoms with van der Waals surface area (Å²) < 4.78 is 17.9. The fourth-order valence-corrected chi connectivity index (χ4v) is 6.75. The largest absolute Gasteiger partial charge is 0.463 e. The van der Waals surface area contributed by atoms with Crippen LogP contribution in [0.3, 0.4) is 0 Å². The Hall–Kier alpha value is -3.81. The van der Waals surface area contributed by atoms with Gasteiger partial charge < -0.3 is 19.3 Å². The molecule has 7 nitrogen and oxygen atoms in total. The molecule has 5 rings (SSSR count). The summed E-state index contributed by atoms with van der Waals surface area (Å²) in [6, 6.07) is 21.5. The molecular weight excluding hydrogens is 578 g/mol. The van der Waals surface area contributed by atoms with Crippen molar-refractivity contribution < 1.29 is 28.9 Å².